The van der Waals surface area contributed by atoms with E-state index in [9.17, 15) is 0 Å². The largest absolute Gasteiger partial charge is 0.143 e. The average Bonchev–Trinajstić information content (AvgIpc) is 2.67. The summed E-state index contributed by atoms with van der Waals surface area (Å²) in [4.78, 5) is 1.03. The molecule has 0 aromatic heterocycles. The highest BCUT2D eigenvalue weighted by Gasteiger charge is 2.20. The van der Waals surface area contributed by atoms with Crippen molar-refractivity contribution in [2.24, 2.45) is 0 Å². The van der Waals surface area contributed by atoms with E-state index in [0.717, 1.165) is 4.90 Å². The van der Waals surface area contributed by atoms with Gasteiger partial charge < -0.3 is 0 Å². The van der Waals surface area contributed by atoms with E-state index in [1.165, 1.54) is 33.0 Å². The first-order chi connectivity index (χ1) is 8.34. The molecule has 0 aliphatic heterocycles. The fraction of sp³-hybridized carbons (Fsp3) is 0. The second kappa shape index (κ2) is 3.14. The maximum atomic E-state index is 4.50. The van der Waals surface area contributed by atoms with Crippen LogP contribution in [-0.2, 0) is 0 Å². The topological polar surface area (TPSA) is 0 Å². The molecule has 80 valence electrons. The molecule has 1 aliphatic carbocycles. The Morgan fingerprint density at radius 1 is 0.647 bits per heavy atom. The SMILES string of the molecule is Sc1cc2c3c(cccc3c1)-c1ccccc1-2. The minimum absolute atomic E-state index is 1.03. The van der Waals surface area contributed by atoms with Crippen molar-refractivity contribution in [3.05, 3.63) is 54.6 Å². The maximum Gasteiger partial charge on any atom is 0.00525 e. The second-order valence-corrected chi connectivity index (χ2v) is 4.96. The summed E-state index contributed by atoms with van der Waals surface area (Å²) in [7, 11) is 0. The lowest BCUT2D eigenvalue weighted by molar-refractivity contribution is 1.53. The van der Waals surface area contributed by atoms with Gasteiger partial charge in [0, 0.05) is 4.90 Å². The highest BCUT2D eigenvalue weighted by Crippen LogP contribution is 2.47. The molecule has 3 aromatic carbocycles. The molecule has 0 atom stereocenters. The van der Waals surface area contributed by atoms with Crippen molar-refractivity contribution in [1.82, 2.24) is 0 Å². The summed E-state index contributed by atoms with van der Waals surface area (Å²) in [5.74, 6) is 0. The summed E-state index contributed by atoms with van der Waals surface area (Å²) in [6, 6.07) is 19.4. The molecule has 0 nitrogen and oxygen atoms in total. The van der Waals surface area contributed by atoms with Crippen LogP contribution in [0.3, 0.4) is 0 Å². The van der Waals surface area contributed by atoms with Crippen molar-refractivity contribution in [2.45, 2.75) is 4.90 Å². The van der Waals surface area contributed by atoms with Crippen LogP contribution in [0.4, 0.5) is 0 Å². The normalized spacial score (nSPS) is 11.8. The van der Waals surface area contributed by atoms with Gasteiger partial charge in [-0.05, 0) is 45.2 Å². The number of hydrogen-bond donors (Lipinski definition) is 1. The van der Waals surface area contributed by atoms with Crippen molar-refractivity contribution < 1.29 is 0 Å². The van der Waals surface area contributed by atoms with Gasteiger partial charge in [-0.1, -0.05) is 42.5 Å². The first-order valence-electron chi connectivity index (χ1n) is 5.70. The van der Waals surface area contributed by atoms with Crippen molar-refractivity contribution in [2.75, 3.05) is 0 Å². The number of thiol groups is 1. The van der Waals surface area contributed by atoms with Crippen LogP contribution in [-0.4, -0.2) is 0 Å². The van der Waals surface area contributed by atoms with Crippen molar-refractivity contribution in [3.8, 4) is 22.3 Å². The molecule has 1 aliphatic rings. The molecule has 0 saturated carbocycles. The Morgan fingerprint density at radius 2 is 1.35 bits per heavy atom. The lowest BCUT2D eigenvalue weighted by Gasteiger charge is -2.03. The monoisotopic (exact) mass is 234 g/mol. The Labute approximate surface area is 105 Å². The van der Waals surface area contributed by atoms with E-state index < -0.39 is 0 Å². The fourth-order valence-corrected chi connectivity index (χ4v) is 3.07. The Balaban J connectivity index is 2.30. The van der Waals surface area contributed by atoms with Crippen LogP contribution in [0.5, 0.6) is 0 Å². The molecule has 0 fully saturated rings. The maximum absolute atomic E-state index is 4.50. The van der Waals surface area contributed by atoms with Crippen LogP contribution in [0.1, 0.15) is 0 Å². The Morgan fingerprint density at radius 3 is 2.18 bits per heavy atom. The fourth-order valence-electron chi connectivity index (χ4n) is 2.80. The van der Waals surface area contributed by atoms with E-state index in [-0.39, 0.29) is 0 Å². The van der Waals surface area contributed by atoms with Gasteiger partial charge in [0.05, 0.1) is 0 Å². The first-order valence-corrected chi connectivity index (χ1v) is 6.15. The minimum Gasteiger partial charge on any atom is -0.143 e. The average molecular weight is 234 g/mol. The van der Waals surface area contributed by atoms with Gasteiger partial charge >= 0.3 is 0 Å². The van der Waals surface area contributed by atoms with Gasteiger partial charge in [0.25, 0.3) is 0 Å². The lowest BCUT2D eigenvalue weighted by Crippen LogP contribution is -1.76. The lowest BCUT2D eigenvalue weighted by atomic mass is 10.0. The van der Waals surface area contributed by atoms with Gasteiger partial charge in [0.2, 0.25) is 0 Å². The zero-order chi connectivity index (χ0) is 11.4. The summed E-state index contributed by atoms with van der Waals surface area (Å²) in [5, 5.41) is 2.65. The Kier molecular flexibility index (Phi) is 1.72. The predicted octanol–water partition coefficient (Wildman–Crippen LogP) is 4.78. The third-order valence-corrected chi connectivity index (χ3v) is 3.73. The van der Waals surface area contributed by atoms with E-state index in [1.807, 2.05) is 0 Å². The first kappa shape index (κ1) is 9.32. The van der Waals surface area contributed by atoms with Crippen LogP contribution >= 0.6 is 12.6 Å². The van der Waals surface area contributed by atoms with E-state index in [0.29, 0.717) is 0 Å². The summed E-state index contributed by atoms with van der Waals surface area (Å²) >= 11 is 4.50. The quantitative estimate of drug-likeness (QED) is 0.416. The molecule has 0 saturated heterocycles. The molecule has 17 heavy (non-hydrogen) atoms. The van der Waals surface area contributed by atoms with Gasteiger partial charge in [-0.15, -0.1) is 12.6 Å². The van der Waals surface area contributed by atoms with Gasteiger partial charge in [0.1, 0.15) is 0 Å². The van der Waals surface area contributed by atoms with E-state index in [2.05, 4.69) is 67.2 Å². The molecular formula is C16H10S. The predicted molar refractivity (Wildman–Crippen MR) is 75.6 cm³/mol. The second-order valence-electron chi connectivity index (χ2n) is 4.44. The van der Waals surface area contributed by atoms with Gasteiger partial charge in [0.15, 0.2) is 0 Å². The molecule has 4 rings (SSSR count). The Bertz CT molecular complexity index is 757. The zero-order valence-corrected chi connectivity index (χ0v) is 10.0. The van der Waals surface area contributed by atoms with Gasteiger partial charge in [-0.2, -0.15) is 0 Å². The molecule has 0 spiro atoms. The van der Waals surface area contributed by atoms with Crippen LogP contribution in [0, 0.1) is 0 Å². The number of benzene rings is 3. The summed E-state index contributed by atoms with van der Waals surface area (Å²) in [6.45, 7) is 0. The molecule has 0 heterocycles. The molecule has 0 bridgehead atoms. The van der Waals surface area contributed by atoms with Crippen LogP contribution in [0.15, 0.2) is 59.5 Å². The highest BCUT2D eigenvalue weighted by molar-refractivity contribution is 7.80. The summed E-state index contributed by atoms with van der Waals surface area (Å²) < 4.78 is 0. The van der Waals surface area contributed by atoms with Gasteiger partial charge in [-0.25, -0.2) is 0 Å². The highest BCUT2D eigenvalue weighted by atomic mass is 32.1. The summed E-state index contributed by atoms with van der Waals surface area (Å²) in [6.07, 6.45) is 0. The van der Waals surface area contributed by atoms with Crippen LogP contribution < -0.4 is 0 Å². The third kappa shape index (κ3) is 1.15. The molecular weight excluding hydrogens is 224 g/mol. The number of rotatable bonds is 0. The molecule has 1 heteroatoms. The van der Waals surface area contributed by atoms with Crippen LogP contribution in [0.25, 0.3) is 33.0 Å². The molecule has 0 unspecified atom stereocenters. The minimum atomic E-state index is 1.03. The zero-order valence-electron chi connectivity index (χ0n) is 9.14. The number of hydrogen-bond acceptors (Lipinski definition) is 1. The van der Waals surface area contributed by atoms with E-state index >= 15 is 0 Å². The molecule has 0 amide bonds. The summed E-state index contributed by atoms with van der Waals surface area (Å²) in [5.41, 5.74) is 5.33. The van der Waals surface area contributed by atoms with Crippen molar-refractivity contribution >= 4 is 23.4 Å². The number of fused-ring (bicyclic) bond motifs is 3. The molecule has 0 N–H and O–H groups in total. The standard InChI is InChI=1S/C16H10S/c17-11-8-10-4-3-7-14-12-5-1-2-6-13(12)15(9-11)16(10)14/h1-9,17H. The molecule has 0 radical (unpaired) electrons. The Hall–Kier alpha value is -1.73. The van der Waals surface area contributed by atoms with Gasteiger partial charge in [-0.3, -0.25) is 0 Å². The van der Waals surface area contributed by atoms with Crippen LogP contribution in [0.2, 0.25) is 0 Å². The smallest absolute Gasteiger partial charge is 0.00525 e. The van der Waals surface area contributed by atoms with Crippen molar-refractivity contribution in [3.63, 3.8) is 0 Å². The molecule has 3 aromatic rings. The van der Waals surface area contributed by atoms with Crippen molar-refractivity contribution in [1.29, 1.82) is 0 Å². The third-order valence-electron chi connectivity index (χ3n) is 3.47. The van der Waals surface area contributed by atoms with E-state index in [1.54, 1.807) is 0 Å². The van der Waals surface area contributed by atoms with E-state index in [4.69, 9.17) is 0 Å².